The lowest BCUT2D eigenvalue weighted by Gasteiger charge is -2.15. The van der Waals surface area contributed by atoms with E-state index in [2.05, 4.69) is 18.3 Å². The molecule has 0 bridgehead atoms. The van der Waals surface area contributed by atoms with Gasteiger partial charge < -0.3 is 11.1 Å². The molecule has 3 N–H and O–H groups in total. The Bertz CT molecular complexity index is 1380. The van der Waals surface area contributed by atoms with Crippen LogP contribution in [0.3, 0.4) is 0 Å². The van der Waals surface area contributed by atoms with Gasteiger partial charge in [-0.15, -0.1) is 11.3 Å². The Morgan fingerprint density at radius 2 is 1.82 bits per heavy atom. The van der Waals surface area contributed by atoms with Gasteiger partial charge >= 0.3 is 0 Å². The molecule has 4 rings (SSSR count). The molecule has 2 aromatic heterocycles. The number of fused-ring (bicyclic) bond motifs is 1. The molecule has 2 aromatic carbocycles. The number of benzene rings is 2. The van der Waals surface area contributed by atoms with E-state index >= 15 is 0 Å². The lowest BCUT2D eigenvalue weighted by molar-refractivity contribution is -0.115. The fourth-order valence-corrected chi connectivity index (χ4v) is 5.88. The summed E-state index contributed by atoms with van der Waals surface area (Å²) in [6.45, 7) is 8.08. The summed E-state index contributed by atoms with van der Waals surface area (Å²) in [5.41, 5.74) is 12.0. The second-order valence-electron chi connectivity index (χ2n) is 8.34. The molecule has 0 aliphatic rings. The number of para-hydroxylation sites is 1. The highest BCUT2D eigenvalue weighted by Gasteiger charge is 2.24. The van der Waals surface area contributed by atoms with E-state index in [9.17, 15) is 9.59 Å². The van der Waals surface area contributed by atoms with Crippen molar-refractivity contribution < 1.29 is 9.59 Å². The molecule has 0 radical (unpaired) electrons. The Morgan fingerprint density at radius 1 is 1.09 bits per heavy atom. The van der Waals surface area contributed by atoms with E-state index in [1.54, 1.807) is 0 Å². The summed E-state index contributed by atoms with van der Waals surface area (Å²) in [6, 6.07) is 16.0. The zero-order chi connectivity index (χ0) is 24.4. The standard InChI is InChI=1S/C27H27N3O2S2/c1-5-21(34-22-13-17(4)19-8-6-7-16(3)24(19)29-22)26(32)30-27-23(25(28)31)20(14-33-27)18-11-9-15(2)10-12-18/h6-14,21H,5H2,1-4H3,(H2,28,31)(H,30,32). The van der Waals surface area contributed by atoms with Crippen LogP contribution in [0.15, 0.2) is 58.9 Å². The van der Waals surface area contributed by atoms with E-state index in [1.165, 1.54) is 23.1 Å². The molecular formula is C27H27N3O2S2. The van der Waals surface area contributed by atoms with Crippen molar-refractivity contribution in [1.82, 2.24) is 4.98 Å². The highest BCUT2D eigenvalue weighted by molar-refractivity contribution is 8.00. The number of rotatable bonds is 7. The third-order valence-corrected chi connectivity index (χ3v) is 7.97. The van der Waals surface area contributed by atoms with Crippen molar-refractivity contribution in [3.8, 4) is 11.1 Å². The van der Waals surface area contributed by atoms with Crippen LogP contribution in [0.2, 0.25) is 0 Å². The molecule has 2 heterocycles. The first kappa shape index (κ1) is 24.0. The predicted octanol–water partition coefficient (Wildman–Crippen LogP) is 6.50. The fourth-order valence-electron chi connectivity index (χ4n) is 3.89. The first-order valence-corrected chi connectivity index (χ1v) is 12.9. The number of primary amides is 1. The summed E-state index contributed by atoms with van der Waals surface area (Å²) in [5, 5.41) is 6.87. The van der Waals surface area contributed by atoms with E-state index in [4.69, 9.17) is 10.7 Å². The number of carbonyl (C=O) groups is 2. The number of aryl methyl sites for hydroxylation is 3. The van der Waals surface area contributed by atoms with Gasteiger partial charge in [-0.1, -0.05) is 66.7 Å². The van der Waals surface area contributed by atoms with Crippen LogP contribution >= 0.6 is 23.1 Å². The van der Waals surface area contributed by atoms with Crippen LogP contribution in [0.25, 0.3) is 22.0 Å². The maximum Gasteiger partial charge on any atom is 0.252 e. The minimum Gasteiger partial charge on any atom is -0.365 e. The molecular weight excluding hydrogens is 462 g/mol. The van der Waals surface area contributed by atoms with E-state index in [0.717, 1.165) is 43.7 Å². The molecule has 174 valence electrons. The SMILES string of the molecule is CCC(Sc1cc(C)c2cccc(C)c2n1)C(=O)Nc1scc(-c2ccc(C)cc2)c1C(N)=O. The molecule has 2 amide bonds. The Hall–Kier alpha value is -3.16. The minimum atomic E-state index is -0.560. The summed E-state index contributed by atoms with van der Waals surface area (Å²) in [4.78, 5) is 30.4. The molecule has 0 saturated carbocycles. The fraction of sp³-hybridized carbons (Fsp3) is 0.222. The highest BCUT2D eigenvalue weighted by Crippen LogP contribution is 2.36. The second-order valence-corrected chi connectivity index (χ2v) is 10.4. The predicted molar refractivity (Wildman–Crippen MR) is 143 cm³/mol. The molecule has 34 heavy (non-hydrogen) atoms. The van der Waals surface area contributed by atoms with E-state index in [0.29, 0.717) is 17.0 Å². The first-order chi connectivity index (χ1) is 16.3. The maximum absolute atomic E-state index is 13.2. The third kappa shape index (κ3) is 4.86. The average Bonchev–Trinajstić information content (AvgIpc) is 3.22. The van der Waals surface area contributed by atoms with Gasteiger partial charge in [0, 0.05) is 16.3 Å². The number of thioether (sulfide) groups is 1. The van der Waals surface area contributed by atoms with E-state index < -0.39 is 5.91 Å². The van der Waals surface area contributed by atoms with E-state index in [1.807, 2.05) is 68.6 Å². The number of pyridine rings is 1. The summed E-state index contributed by atoms with van der Waals surface area (Å²) < 4.78 is 0. The highest BCUT2D eigenvalue weighted by atomic mass is 32.2. The zero-order valence-electron chi connectivity index (χ0n) is 19.6. The number of thiophene rings is 1. The van der Waals surface area contributed by atoms with Crippen LogP contribution in [0, 0.1) is 20.8 Å². The molecule has 0 fully saturated rings. The average molecular weight is 490 g/mol. The van der Waals surface area contributed by atoms with Crippen molar-refractivity contribution in [2.45, 2.75) is 44.4 Å². The molecule has 0 saturated heterocycles. The van der Waals surface area contributed by atoms with Gasteiger partial charge in [-0.05, 0) is 49.9 Å². The number of nitrogens with zero attached hydrogens (tertiary/aromatic N) is 1. The number of amides is 2. The number of nitrogens with one attached hydrogen (secondary N) is 1. The molecule has 0 spiro atoms. The van der Waals surface area contributed by atoms with Crippen molar-refractivity contribution in [1.29, 1.82) is 0 Å². The maximum atomic E-state index is 13.2. The third-order valence-electron chi connectivity index (χ3n) is 5.79. The molecule has 7 heteroatoms. The van der Waals surface area contributed by atoms with Gasteiger partial charge in [-0.25, -0.2) is 4.98 Å². The van der Waals surface area contributed by atoms with Crippen molar-refractivity contribution in [2.75, 3.05) is 5.32 Å². The molecule has 4 aromatic rings. The summed E-state index contributed by atoms with van der Waals surface area (Å²) in [6.07, 6.45) is 0.616. The monoisotopic (exact) mass is 489 g/mol. The molecule has 5 nitrogen and oxygen atoms in total. The lowest BCUT2D eigenvalue weighted by Crippen LogP contribution is -2.25. The van der Waals surface area contributed by atoms with Crippen LogP contribution < -0.4 is 11.1 Å². The summed E-state index contributed by atoms with van der Waals surface area (Å²) in [7, 11) is 0. The number of nitrogens with two attached hydrogens (primary N) is 1. The molecule has 0 aliphatic heterocycles. The number of hydrogen-bond donors (Lipinski definition) is 2. The van der Waals surface area contributed by atoms with Gasteiger partial charge in [0.25, 0.3) is 5.91 Å². The quantitative estimate of drug-likeness (QED) is 0.290. The van der Waals surface area contributed by atoms with Crippen LogP contribution in [0.4, 0.5) is 5.00 Å². The van der Waals surface area contributed by atoms with Crippen molar-refractivity contribution in [2.24, 2.45) is 5.73 Å². The molecule has 1 unspecified atom stereocenters. The van der Waals surface area contributed by atoms with Gasteiger partial charge in [-0.3, -0.25) is 9.59 Å². The Morgan fingerprint density at radius 3 is 2.50 bits per heavy atom. The van der Waals surface area contributed by atoms with Crippen LogP contribution in [-0.2, 0) is 4.79 Å². The topological polar surface area (TPSA) is 85.1 Å². The lowest BCUT2D eigenvalue weighted by atomic mass is 10.0. The molecule has 1 atom stereocenters. The van der Waals surface area contributed by atoms with Gasteiger partial charge in [-0.2, -0.15) is 0 Å². The van der Waals surface area contributed by atoms with Gasteiger partial charge in [0.2, 0.25) is 5.91 Å². The number of anilines is 1. The van der Waals surface area contributed by atoms with Crippen molar-refractivity contribution in [3.05, 3.63) is 76.2 Å². The van der Waals surface area contributed by atoms with Crippen molar-refractivity contribution >= 4 is 50.8 Å². The second kappa shape index (κ2) is 9.99. The van der Waals surface area contributed by atoms with E-state index in [-0.39, 0.29) is 11.2 Å². The Balaban J connectivity index is 1.59. The van der Waals surface area contributed by atoms with Crippen LogP contribution in [0.5, 0.6) is 0 Å². The van der Waals surface area contributed by atoms with Crippen LogP contribution in [0.1, 0.15) is 40.4 Å². The summed E-state index contributed by atoms with van der Waals surface area (Å²) in [5.74, 6) is -0.730. The van der Waals surface area contributed by atoms with Gasteiger partial charge in [0.15, 0.2) is 0 Å². The molecule has 0 aliphatic carbocycles. The smallest absolute Gasteiger partial charge is 0.252 e. The first-order valence-electron chi connectivity index (χ1n) is 11.1. The number of hydrogen-bond acceptors (Lipinski definition) is 5. The Kier molecular flexibility index (Phi) is 7.05. The normalized spacial score (nSPS) is 12.0. The van der Waals surface area contributed by atoms with Crippen LogP contribution in [-0.4, -0.2) is 22.0 Å². The van der Waals surface area contributed by atoms with Crippen molar-refractivity contribution in [3.63, 3.8) is 0 Å². The Labute approximate surface area is 207 Å². The number of carbonyl (C=O) groups excluding carboxylic acids is 2. The zero-order valence-corrected chi connectivity index (χ0v) is 21.3. The summed E-state index contributed by atoms with van der Waals surface area (Å²) >= 11 is 2.75. The van der Waals surface area contributed by atoms with Gasteiger partial charge in [0.05, 0.1) is 21.4 Å². The number of aromatic nitrogens is 1. The largest absolute Gasteiger partial charge is 0.365 e. The van der Waals surface area contributed by atoms with Gasteiger partial charge in [0.1, 0.15) is 5.00 Å². The minimum absolute atomic E-state index is 0.170.